The Bertz CT molecular complexity index is 377. The van der Waals surface area contributed by atoms with Crippen LogP contribution in [-0.2, 0) is 12.8 Å². The molecule has 2 aliphatic rings. The molecule has 1 aromatic rings. The van der Waals surface area contributed by atoms with Crippen LogP contribution in [-0.4, -0.2) is 16.7 Å². The number of nitrogens with one attached hydrogen (secondary N) is 1. The number of rotatable bonds is 2. The molecule has 0 amide bonds. The van der Waals surface area contributed by atoms with Crippen molar-refractivity contribution in [1.82, 2.24) is 10.2 Å². The van der Waals surface area contributed by atoms with E-state index >= 15 is 0 Å². The molecule has 3 nitrogen and oxygen atoms in total. The van der Waals surface area contributed by atoms with Crippen molar-refractivity contribution in [2.75, 3.05) is 6.54 Å². The molecule has 3 heteroatoms. The lowest BCUT2D eigenvalue weighted by molar-refractivity contribution is 0.428. The quantitative estimate of drug-likeness (QED) is 0.824. The van der Waals surface area contributed by atoms with Crippen LogP contribution >= 0.6 is 0 Å². The van der Waals surface area contributed by atoms with E-state index in [4.69, 9.17) is 5.73 Å². The molecule has 1 saturated carbocycles. The molecular weight excluding hydrogens is 210 g/mol. The Kier molecular flexibility index (Phi) is 3.19. The van der Waals surface area contributed by atoms with Crippen molar-refractivity contribution in [3.8, 4) is 0 Å². The number of hydrogen-bond donors (Lipinski definition) is 2. The summed E-state index contributed by atoms with van der Waals surface area (Å²) >= 11 is 0. The predicted octanol–water partition coefficient (Wildman–Crippen LogP) is 2.52. The summed E-state index contributed by atoms with van der Waals surface area (Å²) in [7, 11) is 0. The molecule has 2 aliphatic carbocycles. The van der Waals surface area contributed by atoms with Crippen molar-refractivity contribution < 1.29 is 0 Å². The van der Waals surface area contributed by atoms with E-state index in [0.717, 1.165) is 18.9 Å². The molecule has 0 radical (unpaired) electrons. The first-order valence-electron chi connectivity index (χ1n) is 7.14. The van der Waals surface area contributed by atoms with Crippen LogP contribution in [0.15, 0.2) is 0 Å². The molecule has 0 bridgehead atoms. The minimum atomic E-state index is 0.669. The highest BCUT2D eigenvalue weighted by Crippen LogP contribution is 2.36. The first kappa shape index (κ1) is 11.3. The van der Waals surface area contributed by atoms with E-state index in [9.17, 15) is 0 Å². The van der Waals surface area contributed by atoms with Crippen molar-refractivity contribution in [1.29, 1.82) is 0 Å². The predicted molar refractivity (Wildman–Crippen MR) is 69.0 cm³/mol. The molecule has 0 aromatic carbocycles. The molecule has 0 spiro atoms. The molecule has 1 aromatic heterocycles. The second-order valence-electron chi connectivity index (χ2n) is 5.75. The summed E-state index contributed by atoms with van der Waals surface area (Å²) in [6.45, 7) is 0.817. The van der Waals surface area contributed by atoms with E-state index in [0.29, 0.717) is 5.92 Å². The monoisotopic (exact) mass is 233 g/mol. The van der Waals surface area contributed by atoms with Gasteiger partial charge in [0.15, 0.2) is 0 Å². The average Bonchev–Trinajstić information content (AvgIpc) is 2.82. The topological polar surface area (TPSA) is 54.7 Å². The summed E-state index contributed by atoms with van der Waals surface area (Å²) < 4.78 is 0. The summed E-state index contributed by atoms with van der Waals surface area (Å²) in [5, 5.41) is 7.91. The van der Waals surface area contributed by atoms with E-state index in [1.54, 1.807) is 5.56 Å². The highest BCUT2D eigenvalue weighted by Gasteiger charge is 2.27. The molecule has 1 heterocycles. The molecule has 1 atom stereocenters. The Hall–Kier alpha value is -0.830. The second kappa shape index (κ2) is 4.81. The van der Waals surface area contributed by atoms with Gasteiger partial charge in [-0.1, -0.05) is 19.3 Å². The van der Waals surface area contributed by atoms with E-state index in [1.807, 2.05) is 0 Å². The molecule has 17 heavy (non-hydrogen) atoms. The van der Waals surface area contributed by atoms with Crippen molar-refractivity contribution in [3.05, 3.63) is 17.0 Å². The average molecular weight is 233 g/mol. The number of hydrogen-bond acceptors (Lipinski definition) is 2. The van der Waals surface area contributed by atoms with Crippen LogP contribution in [0.2, 0.25) is 0 Å². The Morgan fingerprint density at radius 3 is 2.76 bits per heavy atom. The molecule has 1 unspecified atom stereocenters. The molecular formula is C14H23N3. The molecule has 0 aliphatic heterocycles. The van der Waals surface area contributed by atoms with Gasteiger partial charge in [-0.2, -0.15) is 5.10 Å². The minimum Gasteiger partial charge on any atom is -0.330 e. The van der Waals surface area contributed by atoms with Gasteiger partial charge in [0, 0.05) is 11.6 Å². The third-order valence-corrected chi connectivity index (χ3v) is 4.61. The Morgan fingerprint density at radius 1 is 1.18 bits per heavy atom. The van der Waals surface area contributed by atoms with Crippen molar-refractivity contribution in [2.45, 2.75) is 57.3 Å². The van der Waals surface area contributed by atoms with Gasteiger partial charge < -0.3 is 5.73 Å². The van der Waals surface area contributed by atoms with Crippen molar-refractivity contribution in [3.63, 3.8) is 0 Å². The highest BCUT2D eigenvalue weighted by atomic mass is 15.1. The van der Waals surface area contributed by atoms with Gasteiger partial charge in [-0.15, -0.1) is 0 Å². The normalized spacial score (nSPS) is 25.8. The maximum atomic E-state index is 5.78. The van der Waals surface area contributed by atoms with Crippen molar-refractivity contribution >= 4 is 0 Å². The van der Waals surface area contributed by atoms with Crippen LogP contribution < -0.4 is 5.73 Å². The van der Waals surface area contributed by atoms with E-state index in [-0.39, 0.29) is 0 Å². The van der Waals surface area contributed by atoms with Gasteiger partial charge in [0.1, 0.15) is 0 Å². The standard InChI is InChI=1S/C14H23N3/c15-9-10-6-7-12-13(8-10)16-17-14(12)11-4-2-1-3-5-11/h10-11H,1-9,15H2,(H,16,17). The fourth-order valence-electron chi connectivity index (χ4n) is 3.52. The van der Waals surface area contributed by atoms with Crippen LogP contribution in [0.25, 0.3) is 0 Å². The van der Waals surface area contributed by atoms with Crippen LogP contribution in [0.3, 0.4) is 0 Å². The SMILES string of the molecule is NCC1CCc2c(C3CCCCC3)n[nH]c2C1. The van der Waals surface area contributed by atoms with Gasteiger partial charge in [-0.3, -0.25) is 5.10 Å². The molecule has 3 rings (SSSR count). The van der Waals surface area contributed by atoms with Crippen LogP contribution in [0.1, 0.15) is 61.4 Å². The van der Waals surface area contributed by atoms with Crippen LogP contribution in [0, 0.1) is 5.92 Å². The Morgan fingerprint density at radius 2 is 2.00 bits per heavy atom. The van der Waals surface area contributed by atoms with Gasteiger partial charge in [0.2, 0.25) is 0 Å². The first-order valence-corrected chi connectivity index (χ1v) is 7.14. The summed E-state index contributed by atoms with van der Waals surface area (Å²) in [6.07, 6.45) is 10.4. The summed E-state index contributed by atoms with van der Waals surface area (Å²) in [5.41, 5.74) is 10.1. The largest absolute Gasteiger partial charge is 0.330 e. The number of nitrogens with zero attached hydrogens (tertiary/aromatic N) is 1. The van der Waals surface area contributed by atoms with Crippen LogP contribution in [0.4, 0.5) is 0 Å². The lowest BCUT2D eigenvalue weighted by Gasteiger charge is -2.24. The highest BCUT2D eigenvalue weighted by molar-refractivity contribution is 5.31. The summed E-state index contributed by atoms with van der Waals surface area (Å²) in [4.78, 5) is 0. The minimum absolute atomic E-state index is 0.669. The molecule has 94 valence electrons. The van der Waals surface area contributed by atoms with Crippen molar-refractivity contribution in [2.24, 2.45) is 11.7 Å². The summed E-state index contributed by atoms with van der Waals surface area (Å²) in [6, 6.07) is 0. The van der Waals surface area contributed by atoms with Gasteiger partial charge in [-0.05, 0) is 50.1 Å². The van der Waals surface area contributed by atoms with E-state index in [2.05, 4.69) is 10.2 Å². The molecule has 1 fully saturated rings. The zero-order chi connectivity index (χ0) is 11.7. The Balaban J connectivity index is 1.80. The smallest absolute Gasteiger partial charge is 0.0687 e. The summed E-state index contributed by atoms with van der Waals surface area (Å²) in [5.74, 6) is 1.40. The lowest BCUT2D eigenvalue weighted by Crippen LogP contribution is -2.22. The maximum absolute atomic E-state index is 5.78. The van der Waals surface area contributed by atoms with Crippen LogP contribution in [0.5, 0.6) is 0 Å². The number of H-pyrrole nitrogens is 1. The number of aromatic nitrogens is 2. The molecule has 0 saturated heterocycles. The van der Waals surface area contributed by atoms with E-state index < -0.39 is 0 Å². The van der Waals surface area contributed by atoms with E-state index in [1.165, 1.54) is 56.3 Å². The van der Waals surface area contributed by atoms with Gasteiger partial charge in [0.05, 0.1) is 5.69 Å². The van der Waals surface area contributed by atoms with Gasteiger partial charge in [-0.25, -0.2) is 0 Å². The number of aromatic amines is 1. The van der Waals surface area contributed by atoms with Gasteiger partial charge in [0.25, 0.3) is 0 Å². The van der Waals surface area contributed by atoms with Gasteiger partial charge >= 0.3 is 0 Å². The third-order valence-electron chi connectivity index (χ3n) is 4.61. The number of fused-ring (bicyclic) bond motifs is 1. The molecule has 3 N–H and O–H groups in total. The lowest BCUT2D eigenvalue weighted by atomic mass is 9.81. The second-order valence-corrected chi connectivity index (χ2v) is 5.75. The first-order chi connectivity index (χ1) is 8.38. The Labute approximate surface area is 103 Å². The fourth-order valence-corrected chi connectivity index (χ4v) is 3.52. The third kappa shape index (κ3) is 2.13. The maximum Gasteiger partial charge on any atom is 0.0687 e. The zero-order valence-electron chi connectivity index (χ0n) is 10.5. The number of nitrogens with two attached hydrogens (primary N) is 1. The fraction of sp³-hybridized carbons (Fsp3) is 0.786. The zero-order valence-corrected chi connectivity index (χ0v) is 10.5.